The van der Waals surface area contributed by atoms with E-state index in [-0.39, 0.29) is 12.7 Å². The zero-order valence-electron chi connectivity index (χ0n) is 12.7. The van der Waals surface area contributed by atoms with Gasteiger partial charge in [0.2, 0.25) is 12.7 Å². The molecule has 0 radical (unpaired) electrons. The fourth-order valence-corrected chi connectivity index (χ4v) is 3.41. The van der Waals surface area contributed by atoms with E-state index in [1.807, 2.05) is 18.2 Å². The molecule has 2 aliphatic heterocycles. The van der Waals surface area contributed by atoms with Gasteiger partial charge in [-0.25, -0.2) is 0 Å². The number of ether oxygens (including phenoxy) is 2. The molecule has 2 fully saturated rings. The number of carbonyl (C=O) groups excluding carboxylic acids is 1. The molecule has 1 saturated heterocycles. The molecule has 5 nitrogen and oxygen atoms in total. The van der Waals surface area contributed by atoms with Crippen LogP contribution in [0.3, 0.4) is 0 Å². The molecule has 0 aromatic heterocycles. The van der Waals surface area contributed by atoms with Crippen LogP contribution >= 0.6 is 0 Å². The van der Waals surface area contributed by atoms with Crippen molar-refractivity contribution in [2.75, 3.05) is 25.2 Å². The van der Waals surface area contributed by atoms with Gasteiger partial charge in [-0.2, -0.15) is 0 Å². The number of benzene rings is 1. The highest BCUT2D eigenvalue weighted by Crippen LogP contribution is 2.35. The van der Waals surface area contributed by atoms with Gasteiger partial charge in [0, 0.05) is 24.2 Å². The van der Waals surface area contributed by atoms with Crippen molar-refractivity contribution in [1.82, 2.24) is 4.90 Å². The van der Waals surface area contributed by atoms with Crippen molar-refractivity contribution in [2.24, 2.45) is 5.92 Å². The van der Waals surface area contributed by atoms with Crippen LogP contribution < -0.4 is 14.8 Å². The number of anilines is 1. The van der Waals surface area contributed by atoms with E-state index >= 15 is 0 Å². The van der Waals surface area contributed by atoms with Crippen molar-refractivity contribution < 1.29 is 14.3 Å². The minimum absolute atomic E-state index is 0.101. The first-order valence-electron chi connectivity index (χ1n) is 8.21. The molecular weight excluding hydrogens is 280 g/mol. The molecule has 22 heavy (non-hydrogen) atoms. The summed E-state index contributed by atoms with van der Waals surface area (Å²) in [5, 5.41) is 2.98. The second-order valence-corrected chi connectivity index (χ2v) is 6.53. The Balaban J connectivity index is 1.27. The van der Waals surface area contributed by atoms with Crippen molar-refractivity contribution in [3.05, 3.63) is 18.2 Å². The maximum Gasteiger partial charge on any atom is 0.231 e. The minimum Gasteiger partial charge on any atom is -0.454 e. The van der Waals surface area contributed by atoms with Crippen LogP contribution in [-0.2, 0) is 4.79 Å². The van der Waals surface area contributed by atoms with Gasteiger partial charge in [0.15, 0.2) is 11.5 Å². The van der Waals surface area contributed by atoms with E-state index in [1.165, 1.54) is 12.8 Å². The molecule has 0 bridgehead atoms. The van der Waals surface area contributed by atoms with Crippen molar-refractivity contribution in [3.8, 4) is 11.5 Å². The fraction of sp³-hybridized carbons (Fsp3) is 0.588. The number of nitrogens with zero attached hydrogens (tertiary/aromatic N) is 1. The van der Waals surface area contributed by atoms with Crippen molar-refractivity contribution >= 4 is 11.6 Å². The van der Waals surface area contributed by atoms with Gasteiger partial charge in [-0.15, -0.1) is 0 Å². The van der Waals surface area contributed by atoms with Gasteiger partial charge in [-0.1, -0.05) is 0 Å². The van der Waals surface area contributed by atoms with E-state index in [0.717, 1.165) is 43.4 Å². The van der Waals surface area contributed by atoms with Gasteiger partial charge in [0.05, 0.1) is 0 Å². The van der Waals surface area contributed by atoms with E-state index < -0.39 is 0 Å². The molecule has 0 unspecified atom stereocenters. The van der Waals surface area contributed by atoms with Crippen molar-refractivity contribution in [3.63, 3.8) is 0 Å². The van der Waals surface area contributed by atoms with Crippen LogP contribution in [0.1, 0.15) is 32.1 Å². The predicted molar refractivity (Wildman–Crippen MR) is 83.1 cm³/mol. The van der Waals surface area contributed by atoms with Crippen LogP contribution in [0.5, 0.6) is 11.5 Å². The maximum absolute atomic E-state index is 12.2. The van der Waals surface area contributed by atoms with Crippen LogP contribution in [0, 0.1) is 5.92 Å². The molecule has 1 aliphatic carbocycles. The van der Waals surface area contributed by atoms with Crippen molar-refractivity contribution in [2.45, 2.75) is 38.1 Å². The van der Waals surface area contributed by atoms with Gasteiger partial charge in [0.1, 0.15) is 0 Å². The Morgan fingerprint density at radius 2 is 1.91 bits per heavy atom. The largest absolute Gasteiger partial charge is 0.454 e. The summed E-state index contributed by atoms with van der Waals surface area (Å²) in [6.45, 7) is 2.57. The number of carbonyl (C=O) groups is 1. The third kappa shape index (κ3) is 3.04. The molecule has 5 heteroatoms. The fourth-order valence-electron chi connectivity index (χ4n) is 3.41. The molecule has 1 N–H and O–H groups in total. The van der Waals surface area contributed by atoms with E-state index in [4.69, 9.17) is 9.47 Å². The average molecular weight is 302 g/mol. The standard InChI is InChI=1S/C17H22N2O3/c20-17(9-12-5-7-19(8-6-12)14-2-3-14)18-13-1-4-15-16(10-13)22-11-21-15/h1,4,10,12,14H,2-3,5-9,11H2,(H,18,20). The minimum atomic E-state index is 0.101. The number of hydrogen-bond acceptors (Lipinski definition) is 4. The Morgan fingerprint density at radius 1 is 1.14 bits per heavy atom. The summed E-state index contributed by atoms with van der Waals surface area (Å²) in [5.74, 6) is 2.06. The highest BCUT2D eigenvalue weighted by molar-refractivity contribution is 5.91. The van der Waals surface area contributed by atoms with E-state index in [2.05, 4.69) is 10.2 Å². The van der Waals surface area contributed by atoms with Gasteiger partial charge >= 0.3 is 0 Å². The second-order valence-electron chi connectivity index (χ2n) is 6.53. The molecule has 1 aromatic rings. The van der Waals surface area contributed by atoms with Gasteiger partial charge in [-0.3, -0.25) is 4.79 Å². The topological polar surface area (TPSA) is 50.8 Å². The molecule has 1 aromatic carbocycles. The van der Waals surface area contributed by atoms with Crippen LogP contribution in [-0.4, -0.2) is 36.7 Å². The van der Waals surface area contributed by atoms with Crippen LogP contribution in [0.4, 0.5) is 5.69 Å². The average Bonchev–Trinajstić information content (AvgIpc) is 3.26. The Morgan fingerprint density at radius 3 is 2.68 bits per heavy atom. The summed E-state index contributed by atoms with van der Waals surface area (Å²) >= 11 is 0. The SMILES string of the molecule is O=C(CC1CCN(C2CC2)CC1)Nc1ccc2c(c1)OCO2. The molecule has 3 aliphatic rings. The number of likely N-dealkylation sites (tertiary alicyclic amines) is 1. The van der Waals surface area contributed by atoms with Gasteiger partial charge in [-0.05, 0) is 56.8 Å². The first-order valence-corrected chi connectivity index (χ1v) is 8.21. The lowest BCUT2D eigenvalue weighted by molar-refractivity contribution is -0.117. The normalized spacial score (nSPS) is 21.8. The van der Waals surface area contributed by atoms with E-state index in [1.54, 1.807) is 0 Å². The number of rotatable bonds is 4. The Kier molecular flexibility index (Phi) is 3.66. The van der Waals surface area contributed by atoms with Crippen LogP contribution in [0.25, 0.3) is 0 Å². The van der Waals surface area contributed by atoms with Crippen LogP contribution in [0.15, 0.2) is 18.2 Å². The molecular formula is C17H22N2O3. The number of nitrogens with one attached hydrogen (secondary N) is 1. The number of amides is 1. The smallest absolute Gasteiger partial charge is 0.231 e. The second kappa shape index (κ2) is 5.80. The molecule has 0 spiro atoms. The first kappa shape index (κ1) is 13.9. The highest BCUT2D eigenvalue weighted by atomic mass is 16.7. The number of fused-ring (bicyclic) bond motifs is 1. The molecule has 2 heterocycles. The zero-order valence-corrected chi connectivity index (χ0v) is 12.7. The first-order chi connectivity index (χ1) is 10.8. The predicted octanol–water partition coefficient (Wildman–Crippen LogP) is 2.62. The molecule has 1 amide bonds. The van der Waals surface area contributed by atoms with Gasteiger partial charge in [0.25, 0.3) is 0 Å². The van der Waals surface area contributed by atoms with Crippen LogP contribution in [0.2, 0.25) is 0 Å². The van der Waals surface area contributed by atoms with Gasteiger partial charge < -0.3 is 19.7 Å². The zero-order chi connectivity index (χ0) is 14.9. The highest BCUT2D eigenvalue weighted by Gasteiger charge is 2.32. The molecule has 4 rings (SSSR count). The Labute approximate surface area is 130 Å². The van der Waals surface area contributed by atoms with Crippen molar-refractivity contribution in [1.29, 1.82) is 0 Å². The summed E-state index contributed by atoms with van der Waals surface area (Å²) in [5.41, 5.74) is 0.782. The summed E-state index contributed by atoms with van der Waals surface area (Å²) in [6, 6.07) is 6.38. The third-order valence-corrected chi connectivity index (χ3v) is 4.84. The number of piperidine rings is 1. The van der Waals surface area contributed by atoms with E-state index in [0.29, 0.717) is 18.1 Å². The summed E-state index contributed by atoms with van der Waals surface area (Å²) in [7, 11) is 0. The molecule has 1 saturated carbocycles. The summed E-state index contributed by atoms with van der Waals surface area (Å²) in [4.78, 5) is 14.8. The lowest BCUT2D eigenvalue weighted by Crippen LogP contribution is -2.36. The Bertz CT molecular complexity index is 563. The monoisotopic (exact) mass is 302 g/mol. The lowest BCUT2D eigenvalue weighted by atomic mass is 9.93. The summed E-state index contributed by atoms with van der Waals surface area (Å²) < 4.78 is 10.6. The van der Waals surface area contributed by atoms with E-state index in [9.17, 15) is 4.79 Å². The maximum atomic E-state index is 12.2. The third-order valence-electron chi connectivity index (χ3n) is 4.84. The number of hydrogen-bond donors (Lipinski definition) is 1. The quantitative estimate of drug-likeness (QED) is 0.929. The lowest BCUT2D eigenvalue weighted by Gasteiger charge is -2.31. The molecule has 0 atom stereocenters. The Hall–Kier alpha value is -1.75. The molecule has 118 valence electrons. The summed E-state index contributed by atoms with van der Waals surface area (Å²) in [6.07, 6.45) is 5.65.